The smallest absolute Gasteiger partial charge is 0.416 e. The lowest BCUT2D eigenvalue weighted by molar-refractivity contribution is -0.137. The molecule has 4 aromatic rings. The lowest BCUT2D eigenvalue weighted by Gasteiger charge is -2.23. The topological polar surface area (TPSA) is 120 Å². The van der Waals surface area contributed by atoms with Gasteiger partial charge in [0.15, 0.2) is 0 Å². The molecule has 0 aliphatic heterocycles. The Morgan fingerprint density at radius 2 is 1.77 bits per heavy atom. The molecular weight excluding hydrogens is 525 g/mol. The van der Waals surface area contributed by atoms with Crippen LogP contribution in [0, 0.1) is 0 Å². The summed E-state index contributed by atoms with van der Waals surface area (Å²) in [4.78, 5) is 20.7. The molecule has 0 aliphatic rings. The van der Waals surface area contributed by atoms with E-state index >= 15 is 0 Å². The first-order chi connectivity index (χ1) is 18.8. The van der Waals surface area contributed by atoms with Gasteiger partial charge in [-0.05, 0) is 63.2 Å². The zero-order chi connectivity index (χ0) is 29.2. The lowest BCUT2D eigenvalue weighted by atomic mass is 9.96. The van der Waals surface area contributed by atoms with E-state index in [0.29, 0.717) is 39.3 Å². The normalized spacial score (nSPS) is 12.3. The Bertz CT molecular complexity index is 1610. The molecule has 11 heteroatoms. The Morgan fingerprint density at radius 1 is 1.05 bits per heavy atom. The fourth-order valence-corrected chi connectivity index (χ4v) is 4.19. The van der Waals surface area contributed by atoms with E-state index in [1.54, 1.807) is 51.1 Å². The molecule has 0 unspecified atom stereocenters. The average Bonchev–Trinajstić information content (AvgIpc) is 2.88. The highest BCUT2D eigenvalue weighted by Gasteiger charge is 2.31. The van der Waals surface area contributed by atoms with Crippen molar-refractivity contribution in [2.24, 2.45) is 5.73 Å². The number of benzene rings is 3. The molecular formula is C29H27F3N4O4. The number of nitrogens with two attached hydrogens (primary N) is 1. The van der Waals surface area contributed by atoms with Crippen LogP contribution in [0.3, 0.4) is 0 Å². The van der Waals surface area contributed by atoms with Gasteiger partial charge in [0.1, 0.15) is 29.4 Å². The molecule has 0 bridgehead atoms. The molecule has 0 saturated carbocycles. The van der Waals surface area contributed by atoms with Crippen LogP contribution in [0.4, 0.5) is 24.7 Å². The first kappa shape index (κ1) is 28.4. The quantitative estimate of drug-likeness (QED) is 0.219. The van der Waals surface area contributed by atoms with Crippen LogP contribution in [0.1, 0.15) is 37.5 Å². The third-order valence-corrected chi connectivity index (χ3v) is 6.10. The molecule has 0 aliphatic carbocycles. The van der Waals surface area contributed by atoms with Crippen LogP contribution in [0.15, 0.2) is 67.0 Å². The van der Waals surface area contributed by atoms with Crippen molar-refractivity contribution in [3.63, 3.8) is 0 Å². The van der Waals surface area contributed by atoms with Crippen molar-refractivity contribution in [3.8, 4) is 17.2 Å². The van der Waals surface area contributed by atoms with Crippen LogP contribution in [-0.4, -0.2) is 28.1 Å². The molecule has 1 amide bonds. The minimum atomic E-state index is -4.51. The third kappa shape index (κ3) is 5.99. The maximum Gasteiger partial charge on any atom is 0.416 e. The number of hydrogen-bond donors (Lipinski definition) is 3. The van der Waals surface area contributed by atoms with Gasteiger partial charge in [-0.3, -0.25) is 4.79 Å². The summed E-state index contributed by atoms with van der Waals surface area (Å²) in [5.41, 5.74) is 5.43. The molecule has 1 aromatic heterocycles. The number of fused-ring (bicyclic) bond motifs is 1. The summed E-state index contributed by atoms with van der Waals surface area (Å²) in [6, 6.07) is 12.6. The van der Waals surface area contributed by atoms with Crippen LogP contribution >= 0.6 is 0 Å². The number of anilines is 2. The maximum absolute atomic E-state index is 13.1. The second-order valence-corrected chi connectivity index (χ2v) is 9.38. The van der Waals surface area contributed by atoms with Crippen molar-refractivity contribution in [2.45, 2.75) is 32.5 Å². The van der Waals surface area contributed by atoms with Gasteiger partial charge < -0.3 is 25.6 Å². The molecule has 4 rings (SSSR count). The van der Waals surface area contributed by atoms with Gasteiger partial charge in [-0.15, -0.1) is 0 Å². The number of hydrogen-bond acceptors (Lipinski definition) is 7. The van der Waals surface area contributed by atoms with E-state index in [1.807, 2.05) is 0 Å². The SMILES string of the molecule is CC=C(C(N)=O)c1cc2c(Nc3ccc(Oc4cccc(C(F)(F)F)c4)cc3C(C)(C)O)ncnc2cc1OC. The second kappa shape index (κ2) is 10.9. The van der Waals surface area contributed by atoms with Crippen LogP contribution in [0.2, 0.25) is 0 Å². The molecule has 208 valence electrons. The van der Waals surface area contributed by atoms with E-state index in [9.17, 15) is 23.1 Å². The van der Waals surface area contributed by atoms with Crippen molar-refractivity contribution in [1.82, 2.24) is 9.97 Å². The number of halogens is 3. The van der Waals surface area contributed by atoms with E-state index in [2.05, 4.69) is 15.3 Å². The van der Waals surface area contributed by atoms with Crippen LogP contribution in [0.25, 0.3) is 16.5 Å². The Morgan fingerprint density at radius 3 is 2.40 bits per heavy atom. The number of nitrogens with zero attached hydrogens (tertiary/aromatic N) is 2. The van der Waals surface area contributed by atoms with Crippen LogP contribution < -0.4 is 20.5 Å². The molecule has 0 atom stereocenters. The van der Waals surface area contributed by atoms with Crippen molar-refractivity contribution >= 4 is 33.9 Å². The van der Waals surface area contributed by atoms with Gasteiger partial charge in [-0.2, -0.15) is 13.2 Å². The highest BCUT2D eigenvalue weighted by Crippen LogP contribution is 2.38. The number of alkyl halides is 3. The van der Waals surface area contributed by atoms with Crippen molar-refractivity contribution in [3.05, 3.63) is 83.7 Å². The minimum Gasteiger partial charge on any atom is -0.496 e. The first-order valence-corrected chi connectivity index (χ1v) is 12.1. The van der Waals surface area contributed by atoms with E-state index in [-0.39, 0.29) is 17.1 Å². The number of amides is 1. The number of carbonyl (C=O) groups excluding carboxylic acids is 1. The van der Waals surface area contributed by atoms with Gasteiger partial charge in [0.05, 0.1) is 23.8 Å². The second-order valence-electron chi connectivity index (χ2n) is 9.38. The molecule has 0 saturated heterocycles. The predicted molar refractivity (Wildman–Crippen MR) is 145 cm³/mol. The molecule has 0 fully saturated rings. The number of carbonyl (C=O) groups is 1. The number of aliphatic hydroxyl groups is 1. The largest absolute Gasteiger partial charge is 0.496 e. The lowest BCUT2D eigenvalue weighted by Crippen LogP contribution is -2.18. The molecule has 3 aromatic carbocycles. The summed E-state index contributed by atoms with van der Waals surface area (Å²) >= 11 is 0. The van der Waals surface area contributed by atoms with Gasteiger partial charge in [-0.25, -0.2) is 9.97 Å². The maximum atomic E-state index is 13.1. The number of rotatable bonds is 8. The first-order valence-electron chi connectivity index (χ1n) is 12.1. The molecule has 1 heterocycles. The number of primary amides is 1. The van der Waals surface area contributed by atoms with E-state index in [0.717, 1.165) is 12.1 Å². The standard InChI is InChI=1S/C29H27F3N4O4/c1-5-19(26(33)37)20-13-21-24(14-25(20)39-4)34-15-35-27(21)36-23-10-9-18(12-22(23)28(2,3)38)40-17-8-6-7-16(11-17)29(30,31)32/h5-15,38H,1-4H3,(H2,33,37)(H,34,35,36). The van der Waals surface area contributed by atoms with Crippen molar-refractivity contribution < 1.29 is 32.5 Å². The van der Waals surface area contributed by atoms with Gasteiger partial charge >= 0.3 is 6.18 Å². The summed E-state index contributed by atoms with van der Waals surface area (Å²) < 4.78 is 50.5. The molecule has 4 N–H and O–H groups in total. The minimum absolute atomic E-state index is 0.00487. The summed E-state index contributed by atoms with van der Waals surface area (Å²) in [5.74, 6) is 0.353. The van der Waals surface area contributed by atoms with Crippen molar-refractivity contribution in [1.29, 1.82) is 0 Å². The third-order valence-electron chi connectivity index (χ3n) is 6.10. The number of ether oxygens (including phenoxy) is 2. The Hall–Kier alpha value is -4.64. The van der Waals surface area contributed by atoms with E-state index in [4.69, 9.17) is 15.2 Å². The average molecular weight is 553 g/mol. The van der Waals surface area contributed by atoms with Crippen LogP contribution in [0.5, 0.6) is 17.2 Å². The predicted octanol–water partition coefficient (Wildman–Crippen LogP) is 6.31. The van der Waals surface area contributed by atoms with E-state index in [1.165, 1.54) is 31.6 Å². The molecule has 40 heavy (non-hydrogen) atoms. The molecule has 8 nitrogen and oxygen atoms in total. The summed E-state index contributed by atoms with van der Waals surface area (Å²) in [7, 11) is 1.47. The zero-order valence-electron chi connectivity index (χ0n) is 22.1. The highest BCUT2D eigenvalue weighted by molar-refractivity contribution is 6.20. The molecule has 0 spiro atoms. The Kier molecular flexibility index (Phi) is 7.70. The van der Waals surface area contributed by atoms with Gasteiger partial charge in [-0.1, -0.05) is 12.1 Å². The van der Waals surface area contributed by atoms with Crippen LogP contribution in [-0.2, 0) is 16.6 Å². The molecule has 0 radical (unpaired) electrons. The van der Waals surface area contributed by atoms with Gasteiger partial charge in [0.25, 0.3) is 0 Å². The highest BCUT2D eigenvalue weighted by atomic mass is 19.4. The fraction of sp³-hybridized carbons (Fsp3) is 0.207. The number of aromatic nitrogens is 2. The number of methoxy groups -OCH3 is 1. The Balaban J connectivity index is 1.76. The monoisotopic (exact) mass is 552 g/mol. The van der Waals surface area contributed by atoms with Crippen molar-refractivity contribution in [2.75, 3.05) is 12.4 Å². The fourth-order valence-electron chi connectivity index (χ4n) is 4.19. The zero-order valence-corrected chi connectivity index (χ0v) is 22.1. The number of nitrogens with one attached hydrogen (secondary N) is 1. The summed E-state index contributed by atoms with van der Waals surface area (Å²) in [5, 5.41) is 14.7. The van der Waals surface area contributed by atoms with E-state index < -0.39 is 23.2 Å². The summed E-state index contributed by atoms with van der Waals surface area (Å²) in [6.45, 7) is 4.81. The Labute approximate surface area is 228 Å². The van der Waals surface area contributed by atoms with Gasteiger partial charge in [0, 0.05) is 33.8 Å². The summed E-state index contributed by atoms with van der Waals surface area (Å²) in [6.07, 6.45) is -1.58. The number of allylic oxidation sites excluding steroid dienone is 1. The van der Waals surface area contributed by atoms with Gasteiger partial charge in [0.2, 0.25) is 5.91 Å².